The summed E-state index contributed by atoms with van der Waals surface area (Å²) in [7, 11) is 0. The normalized spacial score (nSPS) is 11.2. The minimum Gasteiger partial charge on any atom is -0.325 e. The predicted molar refractivity (Wildman–Crippen MR) is 118 cm³/mol. The zero-order chi connectivity index (χ0) is 20.5. The molecule has 0 radical (unpaired) electrons. The Labute approximate surface area is 176 Å². The number of rotatable bonds is 5. The number of para-hydroxylation sites is 1. The van der Waals surface area contributed by atoms with Crippen LogP contribution in [0.3, 0.4) is 0 Å². The molecule has 0 aliphatic rings. The van der Waals surface area contributed by atoms with Crippen LogP contribution in [0.15, 0.2) is 78.2 Å². The van der Waals surface area contributed by atoms with Gasteiger partial charge in [0, 0.05) is 23.6 Å². The minimum absolute atomic E-state index is 0.0807. The van der Waals surface area contributed by atoms with E-state index >= 15 is 0 Å². The molecule has 8 heteroatoms. The molecular weight excluding hydrogens is 396 g/mol. The summed E-state index contributed by atoms with van der Waals surface area (Å²) < 4.78 is 3.68. The lowest BCUT2D eigenvalue weighted by atomic mass is 10.1. The first kappa shape index (κ1) is 18.4. The average molecular weight is 414 g/mol. The number of nitrogens with zero attached hydrogens (tertiary/aromatic N) is 5. The van der Waals surface area contributed by atoms with E-state index in [0.717, 1.165) is 28.0 Å². The number of anilines is 1. The summed E-state index contributed by atoms with van der Waals surface area (Å²) in [6.45, 7) is 1.97. The van der Waals surface area contributed by atoms with Crippen LogP contribution in [0.25, 0.3) is 22.4 Å². The minimum atomic E-state index is -0.0807. The SMILES string of the molecule is Cc1ccccc1NC(=O)CSc1nnc2c3cc(-c4ccccc4)nn3ccn12. The Hall–Kier alpha value is -3.65. The van der Waals surface area contributed by atoms with Gasteiger partial charge >= 0.3 is 0 Å². The summed E-state index contributed by atoms with van der Waals surface area (Å²) in [6.07, 6.45) is 3.74. The Morgan fingerprint density at radius 3 is 2.67 bits per heavy atom. The van der Waals surface area contributed by atoms with Crippen LogP contribution in [0.2, 0.25) is 0 Å². The monoisotopic (exact) mass is 414 g/mol. The Kier molecular flexibility index (Phi) is 4.68. The van der Waals surface area contributed by atoms with Gasteiger partial charge in [0.05, 0.1) is 11.4 Å². The van der Waals surface area contributed by atoms with Gasteiger partial charge in [-0.1, -0.05) is 60.3 Å². The van der Waals surface area contributed by atoms with E-state index in [4.69, 9.17) is 0 Å². The van der Waals surface area contributed by atoms with Crippen LogP contribution in [-0.4, -0.2) is 35.9 Å². The highest BCUT2D eigenvalue weighted by atomic mass is 32.2. The number of benzene rings is 2. The molecule has 0 saturated heterocycles. The number of hydrogen-bond acceptors (Lipinski definition) is 5. The Morgan fingerprint density at radius 2 is 1.83 bits per heavy atom. The van der Waals surface area contributed by atoms with Crippen molar-refractivity contribution in [2.45, 2.75) is 12.1 Å². The van der Waals surface area contributed by atoms with Crippen molar-refractivity contribution in [2.24, 2.45) is 0 Å². The van der Waals surface area contributed by atoms with Gasteiger partial charge in [0.25, 0.3) is 0 Å². The van der Waals surface area contributed by atoms with E-state index in [-0.39, 0.29) is 11.7 Å². The molecule has 5 aromatic rings. The molecule has 30 heavy (non-hydrogen) atoms. The molecule has 3 heterocycles. The summed E-state index contributed by atoms with van der Waals surface area (Å²) in [5.41, 5.74) is 5.33. The van der Waals surface area contributed by atoms with Crippen LogP contribution in [0.4, 0.5) is 5.69 Å². The topological polar surface area (TPSA) is 76.6 Å². The van der Waals surface area contributed by atoms with Crippen molar-refractivity contribution >= 4 is 34.5 Å². The van der Waals surface area contributed by atoms with Crippen molar-refractivity contribution in [2.75, 3.05) is 11.1 Å². The second-order valence-corrected chi connectivity index (χ2v) is 7.79. The molecule has 0 aliphatic heterocycles. The van der Waals surface area contributed by atoms with E-state index in [2.05, 4.69) is 20.6 Å². The number of amides is 1. The number of carbonyl (C=O) groups excluding carboxylic acids is 1. The van der Waals surface area contributed by atoms with Gasteiger partial charge in [0.15, 0.2) is 10.8 Å². The van der Waals surface area contributed by atoms with Crippen molar-refractivity contribution in [3.63, 3.8) is 0 Å². The van der Waals surface area contributed by atoms with Gasteiger partial charge in [-0.3, -0.25) is 9.20 Å². The fraction of sp³-hybridized carbons (Fsp3) is 0.0909. The number of carbonyl (C=O) groups is 1. The number of hydrogen-bond donors (Lipinski definition) is 1. The van der Waals surface area contributed by atoms with Crippen LogP contribution in [-0.2, 0) is 4.79 Å². The first-order valence-corrected chi connectivity index (χ1v) is 10.4. The number of aryl methyl sites for hydroxylation is 1. The van der Waals surface area contributed by atoms with Crippen molar-refractivity contribution < 1.29 is 4.79 Å². The Balaban J connectivity index is 1.38. The van der Waals surface area contributed by atoms with Gasteiger partial charge in [0.2, 0.25) is 5.91 Å². The molecular formula is C22H18N6OS. The molecule has 148 valence electrons. The van der Waals surface area contributed by atoms with Gasteiger partial charge in [-0.15, -0.1) is 10.2 Å². The van der Waals surface area contributed by atoms with Crippen LogP contribution < -0.4 is 5.32 Å². The highest BCUT2D eigenvalue weighted by Gasteiger charge is 2.14. The number of thioether (sulfide) groups is 1. The third kappa shape index (κ3) is 3.42. The summed E-state index contributed by atoms with van der Waals surface area (Å²) in [5, 5.41) is 16.8. The maximum atomic E-state index is 12.4. The third-order valence-electron chi connectivity index (χ3n) is 4.81. The van der Waals surface area contributed by atoms with Gasteiger partial charge in [-0.05, 0) is 24.6 Å². The van der Waals surface area contributed by atoms with Crippen LogP contribution in [0, 0.1) is 6.92 Å². The van der Waals surface area contributed by atoms with Gasteiger partial charge in [-0.2, -0.15) is 5.10 Å². The quantitative estimate of drug-likeness (QED) is 0.439. The molecule has 0 saturated carbocycles. The maximum Gasteiger partial charge on any atom is 0.234 e. The number of aromatic nitrogens is 5. The van der Waals surface area contributed by atoms with Crippen LogP contribution in [0.5, 0.6) is 0 Å². The molecule has 0 unspecified atom stereocenters. The number of nitrogens with one attached hydrogen (secondary N) is 1. The lowest BCUT2D eigenvalue weighted by Gasteiger charge is -2.07. The summed E-state index contributed by atoms with van der Waals surface area (Å²) in [6, 6.07) is 19.7. The second kappa shape index (κ2) is 7.64. The Morgan fingerprint density at radius 1 is 1.03 bits per heavy atom. The molecule has 0 atom stereocenters. The van der Waals surface area contributed by atoms with E-state index in [1.54, 1.807) is 4.52 Å². The zero-order valence-electron chi connectivity index (χ0n) is 16.2. The molecule has 5 rings (SSSR count). The summed E-state index contributed by atoms with van der Waals surface area (Å²) in [5.74, 6) is 0.164. The lowest BCUT2D eigenvalue weighted by molar-refractivity contribution is -0.113. The molecule has 0 bridgehead atoms. The largest absolute Gasteiger partial charge is 0.325 e. The van der Waals surface area contributed by atoms with Crippen LogP contribution in [0.1, 0.15) is 5.56 Å². The van der Waals surface area contributed by atoms with E-state index in [1.807, 2.05) is 84.4 Å². The summed E-state index contributed by atoms with van der Waals surface area (Å²) >= 11 is 1.35. The lowest BCUT2D eigenvalue weighted by Crippen LogP contribution is -2.15. The molecule has 3 aromatic heterocycles. The molecule has 0 fully saturated rings. The van der Waals surface area contributed by atoms with E-state index in [9.17, 15) is 4.79 Å². The predicted octanol–water partition coefficient (Wildman–Crippen LogP) is 4.08. The molecule has 1 amide bonds. The van der Waals surface area contributed by atoms with Gasteiger partial charge in [0.1, 0.15) is 5.52 Å². The van der Waals surface area contributed by atoms with E-state index < -0.39 is 0 Å². The Bertz CT molecular complexity index is 1360. The van der Waals surface area contributed by atoms with Crippen molar-refractivity contribution in [1.82, 2.24) is 24.2 Å². The first-order valence-electron chi connectivity index (χ1n) is 9.46. The van der Waals surface area contributed by atoms with E-state index in [1.165, 1.54) is 11.8 Å². The molecule has 0 aliphatic carbocycles. The van der Waals surface area contributed by atoms with Crippen molar-refractivity contribution in [3.8, 4) is 11.3 Å². The number of fused-ring (bicyclic) bond motifs is 3. The molecule has 1 N–H and O–H groups in total. The highest BCUT2D eigenvalue weighted by Crippen LogP contribution is 2.24. The van der Waals surface area contributed by atoms with Gasteiger partial charge in [-0.25, -0.2) is 4.52 Å². The van der Waals surface area contributed by atoms with E-state index in [0.29, 0.717) is 10.8 Å². The van der Waals surface area contributed by atoms with Gasteiger partial charge < -0.3 is 5.32 Å². The highest BCUT2D eigenvalue weighted by molar-refractivity contribution is 7.99. The molecule has 7 nitrogen and oxygen atoms in total. The van der Waals surface area contributed by atoms with Crippen molar-refractivity contribution in [1.29, 1.82) is 0 Å². The van der Waals surface area contributed by atoms with Crippen molar-refractivity contribution in [3.05, 3.63) is 78.6 Å². The average Bonchev–Trinajstić information content (AvgIpc) is 3.38. The maximum absolute atomic E-state index is 12.4. The molecule has 2 aromatic carbocycles. The summed E-state index contributed by atoms with van der Waals surface area (Å²) in [4.78, 5) is 12.4. The fourth-order valence-corrected chi connectivity index (χ4v) is 3.99. The second-order valence-electron chi connectivity index (χ2n) is 6.85. The smallest absolute Gasteiger partial charge is 0.234 e. The third-order valence-corrected chi connectivity index (χ3v) is 5.75. The standard InChI is InChI=1S/C22H18N6OS/c1-15-7-5-6-10-17(15)23-20(29)14-30-22-25-24-21-19-13-18(16-8-3-2-4-9-16)26-28(19)12-11-27(21)22/h2-13H,14H2,1H3,(H,23,29). The fourth-order valence-electron chi connectivity index (χ4n) is 3.27. The van der Waals surface area contributed by atoms with Crippen LogP contribution >= 0.6 is 11.8 Å². The molecule has 0 spiro atoms. The zero-order valence-corrected chi connectivity index (χ0v) is 17.0. The first-order chi connectivity index (χ1) is 14.7.